The highest BCUT2D eigenvalue weighted by Gasteiger charge is 2.25. The molecular formula is C120H68N6O3S3. The highest BCUT2D eigenvalue weighted by atomic mass is 32.1. The molecule has 0 saturated carbocycles. The summed E-state index contributed by atoms with van der Waals surface area (Å²) in [6.45, 7) is 0. The van der Waals surface area contributed by atoms with Crippen LogP contribution < -0.4 is 0 Å². The Morgan fingerprint density at radius 3 is 1.08 bits per heavy atom. The Morgan fingerprint density at radius 2 is 0.485 bits per heavy atom. The largest absolute Gasteiger partial charge is 0.456 e. The number of furan rings is 3. The van der Waals surface area contributed by atoms with Crippen LogP contribution >= 0.6 is 34.0 Å². The van der Waals surface area contributed by atoms with Gasteiger partial charge in [-0.05, 0) is 170 Å². The zero-order chi connectivity index (χ0) is 86.6. The van der Waals surface area contributed by atoms with Gasteiger partial charge in [0.1, 0.15) is 33.5 Å². The van der Waals surface area contributed by atoms with Crippen LogP contribution in [0, 0.1) is 0 Å². The van der Waals surface area contributed by atoms with E-state index in [-0.39, 0.29) is 0 Å². The second-order valence-electron chi connectivity index (χ2n) is 33.7. The van der Waals surface area contributed by atoms with Gasteiger partial charge in [0.25, 0.3) is 0 Å². The van der Waals surface area contributed by atoms with Gasteiger partial charge in [0.15, 0.2) is 17.5 Å². The number of rotatable bonds is 8. The van der Waals surface area contributed by atoms with Crippen molar-refractivity contribution in [3.8, 4) is 90.2 Å². The number of nitrogens with zero attached hydrogens (tertiary/aromatic N) is 6. The molecule has 29 rings (SSSR count). The summed E-state index contributed by atoms with van der Waals surface area (Å²) in [5.74, 6) is 2.11. The third-order valence-electron chi connectivity index (χ3n) is 26.0. The maximum atomic E-state index is 6.44. The average Bonchev–Trinajstić information content (AvgIpc) is 1.56. The molecule has 0 aliphatic rings. The number of hydrogen-bond donors (Lipinski definition) is 0. The van der Waals surface area contributed by atoms with Gasteiger partial charge in [0.2, 0.25) is 0 Å². The topological polar surface area (TPSA) is 117 Å². The molecule has 9 heterocycles. The van der Waals surface area contributed by atoms with E-state index in [0.29, 0.717) is 11.6 Å². The van der Waals surface area contributed by atoms with E-state index in [1.165, 1.54) is 93.0 Å². The summed E-state index contributed by atoms with van der Waals surface area (Å²) in [4.78, 5) is 31.6. The quantitative estimate of drug-likeness (QED) is 0.147. The highest BCUT2D eigenvalue weighted by Crippen LogP contribution is 2.49. The molecule has 0 spiro atoms. The minimum absolute atomic E-state index is 0.692. The Hall–Kier alpha value is -16.7. The third kappa shape index (κ3) is 12.5. The van der Waals surface area contributed by atoms with Crippen LogP contribution in [-0.4, -0.2) is 29.9 Å². The SMILES string of the molecule is c1ccc(-c2nc(-c3ccc(-c4ccc5oc6ccccc6c5c4)cc3)nc3c2ccc2sc4ccc5ccccc5c4c23)cc1.c1ccc(-c2nc(-c3ccc4c(c3)oc3ccccc34)nc3c2ccc2sc4ccc5ccccc5c4c23)cc1.c1ccc(-c2nc(-c3cccc(-c4ccc5sc6ccccc6c5c4)c3)nc3c2ccc2oc4ccc5ccccc5c4c23)cc1. The van der Waals surface area contributed by atoms with Crippen LogP contribution in [0.3, 0.4) is 0 Å². The fraction of sp³-hybridized carbons (Fsp3) is 0. The molecule has 20 aromatic carbocycles. The second-order valence-corrected chi connectivity index (χ2v) is 36.9. The molecule has 29 aromatic rings. The predicted molar refractivity (Wildman–Crippen MR) is 555 cm³/mol. The first-order chi connectivity index (χ1) is 65.4. The van der Waals surface area contributed by atoms with E-state index in [4.69, 9.17) is 43.2 Å². The number of benzene rings is 20. The van der Waals surface area contributed by atoms with Gasteiger partial charge in [-0.1, -0.05) is 297 Å². The van der Waals surface area contributed by atoms with Crippen LogP contribution in [0.15, 0.2) is 426 Å². The van der Waals surface area contributed by atoms with Crippen molar-refractivity contribution in [2.75, 3.05) is 0 Å². The van der Waals surface area contributed by atoms with Gasteiger partial charge >= 0.3 is 0 Å². The Kier molecular flexibility index (Phi) is 17.4. The van der Waals surface area contributed by atoms with Crippen LogP contribution in [0.5, 0.6) is 0 Å². The van der Waals surface area contributed by atoms with Gasteiger partial charge in [-0.15, -0.1) is 34.0 Å². The average molecular weight is 1740 g/mol. The van der Waals surface area contributed by atoms with Gasteiger partial charge in [-0.2, -0.15) is 0 Å². The first-order valence-electron chi connectivity index (χ1n) is 44.1. The van der Waals surface area contributed by atoms with Crippen molar-refractivity contribution < 1.29 is 13.3 Å². The maximum Gasteiger partial charge on any atom is 0.160 e. The normalized spacial score (nSPS) is 11.9. The number of para-hydroxylation sites is 2. The summed E-state index contributed by atoms with van der Waals surface area (Å²) >= 11 is 5.49. The summed E-state index contributed by atoms with van der Waals surface area (Å²) in [5.41, 5.74) is 21.6. The van der Waals surface area contributed by atoms with Crippen molar-refractivity contribution in [1.82, 2.24) is 29.9 Å². The zero-order valence-corrected chi connectivity index (χ0v) is 72.8. The predicted octanol–water partition coefficient (Wildman–Crippen LogP) is 34.5. The van der Waals surface area contributed by atoms with E-state index in [9.17, 15) is 0 Å². The molecule has 0 saturated heterocycles. The second kappa shape index (κ2) is 30.5. The molecule has 9 aromatic heterocycles. The zero-order valence-electron chi connectivity index (χ0n) is 70.4. The monoisotopic (exact) mass is 1740 g/mol. The Bertz CT molecular complexity index is 9820. The number of fused-ring (bicyclic) bond motifs is 30. The lowest BCUT2D eigenvalue weighted by molar-refractivity contribution is 0.668. The van der Waals surface area contributed by atoms with E-state index in [0.717, 1.165) is 177 Å². The summed E-state index contributed by atoms with van der Waals surface area (Å²) in [6, 6.07) is 145. The highest BCUT2D eigenvalue weighted by molar-refractivity contribution is 7.27. The summed E-state index contributed by atoms with van der Waals surface area (Å²) in [7, 11) is 0. The molecule has 0 aliphatic carbocycles. The molecule has 614 valence electrons. The lowest BCUT2D eigenvalue weighted by Gasteiger charge is -2.11. The molecular weight excluding hydrogens is 1670 g/mol. The minimum atomic E-state index is 0.692. The molecule has 0 N–H and O–H groups in total. The molecule has 132 heavy (non-hydrogen) atoms. The maximum absolute atomic E-state index is 6.44. The molecule has 9 nitrogen and oxygen atoms in total. The molecule has 0 radical (unpaired) electrons. The van der Waals surface area contributed by atoms with Crippen molar-refractivity contribution >= 4 is 225 Å². The Labute approximate surface area is 765 Å². The van der Waals surface area contributed by atoms with Crippen LogP contribution in [0.2, 0.25) is 0 Å². The number of aromatic nitrogens is 6. The lowest BCUT2D eigenvalue weighted by Crippen LogP contribution is -1.96. The summed E-state index contributed by atoms with van der Waals surface area (Å²) < 4.78 is 26.3. The van der Waals surface area contributed by atoms with Gasteiger partial charge in [-0.3, -0.25) is 0 Å². The molecule has 0 atom stereocenters. The van der Waals surface area contributed by atoms with E-state index >= 15 is 0 Å². The smallest absolute Gasteiger partial charge is 0.160 e. The standard InChI is InChI=1S/2C42H24N2OS.C36H20N2OS/c1-2-10-26(11-3-1)40-32-19-21-35-39(38-30-14-5-4-9-25(30)17-20-34(38)45-35)41(32)44-42(43-40)29-13-8-12-27(23-29)28-18-22-37-33(24-28)31-15-6-7-16-36(31)46-37;1-2-9-27(10-3-1)40-32-20-23-37-39(38-30-11-5-4-8-26(30)19-22-36(38)46-37)41(32)44-42(43-40)28-16-14-25(15-17-28)29-18-21-35-33(24-29)31-12-6-7-13-34(31)45-35;1-2-9-22(10-3-1)34-27-17-19-31-33(32-24-11-5-4-8-21(24)15-18-30(32)40-31)35(27)38-36(37-34)23-14-16-26-25-12-6-7-13-28(25)39-29(26)20-23/h2*1-24H;1-20H. The van der Waals surface area contributed by atoms with Crippen molar-refractivity contribution in [3.63, 3.8) is 0 Å². The van der Waals surface area contributed by atoms with Crippen LogP contribution in [0.4, 0.5) is 0 Å². The van der Waals surface area contributed by atoms with Crippen LogP contribution in [-0.2, 0) is 0 Å². The van der Waals surface area contributed by atoms with Gasteiger partial charge in [-0.25, -0.2) is 29.9 Å². The molecule has 0 unspecified atom stereocenters. The van der Waals surface area contributed by atoms with Crippen molar-refractivity contribution in [1.29, 1.82) is 0 Å². The molecule has 0 fully saturated rings. The lowest BCUT2D eigenvalue weighted by atomic mass is 9.99. The third-order valence-corrected chi connectivity index (χ3v) is 29.4. The van der Waals surface area contributed by atoms with Crippen LogP contribution in [0.25, 0.3) is 282 Å². The fourth-order valence-electron chi connectivity index (χ4n) is 19.8. The van der Waals surface area contributed by atoms with E-state index in [2.05, 4.69) is 364 Å². The van der Waals surface area contributed by atoms with Gasteiger partial charge in [0, 0.05) is 137 Å². The van der Waals surface area contributed by atoms with Gasteiger partial charge in [0.05, 0.1) is 39.0 Å². The number of thiophene rings is 3. The van der Waals surface area contributed by atoms with Crippen molar-refractivity contribution in [2.24, 2.45) is 0 Å². The number of hydrogen-bond acceptors (Lipinski definition) is 12. The van der Waals surface area contributed by atoms with E-state index in [1.807, 2.05) is 82.5 Å². The summed E-state index contributed by atoms with van der Waals surface area (Å²) in [5, 5.41) is 24.5. The van der Waals surface area contributed by atoms with Gasteiger partial charge < -0.3 is 13.3 Å². The fourth-order valence-corrected chi connectivity index (χ4v) is 23.1. The molecule has 0 aliphatic heterocycles. The van der Waals surface area contributed by atoms with Crippen molar-refractivity contribution in [3.05, 3.63) is 413 Å². The van der Waals surface area contributed by atoms with Crippen molar-refractivity contribution in [2.45, 2.75) is 0 Å². The first kappa shape index (κ1) is 75.4. The Balaban J connectivity index is 0.000000102. The summed E-state index contributed by atoms with van der Waals surface area (Å²) in [6.07, 6.45) is 0. The van der Waals surface area contributed by atoms with E-state index in [1.54, 1.807) is 0 Å². The first-order valence-corrected chi connectivity index (χ1v) is 46.6. The Morgan fingerprint density at radius 1 is 0.152 bits per heavy atom. The molecule has 0 bridgehead atoms. The molecule has 0 amide bonds. The minimum Gasteiger partial charge on any atom is -0.456 e. The molecule has 12 heteroatoms. The van der Waals surface area contributed by atoms with E-state index < -0.39 is 0 Å². The van der Waals surface area contributed by atoms with Crippen LogP contribution in [0.1, 0.15) is 0 Å².